The van der Waals surface area contributed by atoms with Gasteiger partial charge in [-0.25, -0.2) is 0 Å². The van der Waals surface area contributed by atoms with Crippen LogP contribution in [0, 0.1) is 5.92 Å². The zero-order chi connectivity index (χ0) is 13.6. The Morgan fingerprint density at radius 1 is 1.00 bits per heavy atom. The van der Waals surface area contributed by atoms with E-state index in [1.165, 1.54) is 25.7 Å². The number of unbranched alkanes of at least 4 members (excludes halogenated alkanes) is 3. The standard InChI is InChI=1S/C15H33NO2/c1-5-17-13-15(4)18-11-9-7-6-8-10-16-12-14(2)3/h14-16H,5-13H2,1-4H3. The van der Waals surface area contributed by atoms with Crippen molar-refractivity contribution in [2.24, 2.45) is 5.92 Å². The summed E-state index contributed by atoms with van der Waals surface area (Å²) in [4.78, 5) is 0. The zero-order valence-corrected chi connectivity index (χ0v) is 12.8. The van der Waals surface area contributed by atoms with Gasteiger partial charge in [-0.05, 0) is 45.7 Å². The lowest BCUT2D eigenvalue weighted by Gasteiger charge is -2.12. The van der Waals surface area contributed by atoms with Crippen molar-refractivity contribution in [1.29, 1.82) is 0 Å². The Kier molecular flexibility index (Phi) is 13.2. The third-order valence-corrected chi connectivity index (χ3v) is 2.76. The third kappa shape index (κ3) is 13.9. The highest BCUT2D eigenvalue weighted by molar-refractivity contribution is 4.52. The number of rotatable bonds is 13. The molecule has 0 aromatic carbocycles. The molecule has 3 heteroatoms. The van der Waals surface area contributed by atoms with Crippen LogP contribution in [0.2, 0.25) is 0 Å². The van der Waals surface area contributed by atoms with Gasteiger partial charge in [0.2, 0.25) is 0 Å². The number of ether oxygens (including phenoxy) is 2. The second kappa shape index (κ2) is 13.3. The predicted octanol–water partition coefficient (Wildman–Crippen LogP) is 3.23. The van der Waals surface area contributed by atoms with E-state index < -0.39 is 0 Å². The Morgan fingerprint density at radius 3 is 2.39 bits per heavy atom. The summed E-state index contributed by atoms with van der Waals surface area (Å²) in [7, 11) is 0. The molecule has 0 aromatic heterocycles. The van der Waals surface area contributed by atoms with Gasteiger partial charge in [0.25, 0.3) is 0 Å². The summed E-state index contributed by atoms with van der Waals surface area (Å²) in [5.41, 5.74) is 0. The summed E-state index contributed by atoms with van der Waals surface area (Å²) in [5.74, 6) is 0.755. The van der Waals surface area contributed by atoms with Crippen molar-refractivity contribution < 1.29 is 9.47 Å². The number of hydrogen-bond acceptors (Lipinski definition) is 3. The van der Waals surface area contributed by atoms with Gasteiger partial charge in [0.15, 0.2) is 0 Å². The van der Waals surface area contributed by atoms with Crippen molar-refractivity contribution in [3.8, 4) is 0 Å². The van der Waals surface area contributed by atoms with Crippen LogP contribution in [0.3, 0.4) is 0 Å². The summed E-state index contributed by atoms with van der Waals surface area (Å²) in [6, 6.07) is 0. The number of nitrogens with one attached hydrogen (secondary N) is 1. The van der Waals surface area contributed by atoms with E-state index >= 15 is 0 Å². The maximum atomic E-state index is 5.66. The van der Waals surface area contributed by atoms with Crippen molar-refractivity contribution in [2.45, 2.75) is 59.5 Å². The second-order valence-corrected chi connectivity index (χ2v) is 5.35. The molecule has 0 bridgehead atoms. The van der Waals surface area contributed by atoms with Crippen LogP contribution < -0.4 is 5.32 Å². The first kappa shape index (κ1) is 17.9. The molecule has 1 unspecified atom stereocenters. The molecule has 18 heavy (non-hydrogen) atoms. The molecule has 110 valence electrons. The van der Waals surface area contributed by atoms with Gasteiger partial charge in [0.05, 0.1) is 12.7 Å². The molecule has 0 aliphatic carbocycles. The SMILES string of the molecule is CCOCC(C)OCCCCCCNCC(C)C. The molecule has 0 saturated heterocycles. The largest absolute Gasteiger partial charge is 0.379 e. The topological polar surface area (TPSA) is 30.5 Å². The van der Waals surface area contributed by atoms with E-state index in [2.05, 4.69) is 26.1 Å². The van der Waals surface area contributed by atoms with E-state index in [1.54, 1.807) is 0 Å². The van der Waals surface area contributed by atoms with Crippen LogP contribution in [0.5, 0.6) is 0 Å². The molecule has 0 amide bonds. The van der Waals surface area contributed by atoms with Gasteiger partial charge in [0.1, 0.15) is 0 Å². The van der Waals surface area contributed by atoms with Crippen LogP contribution in [0.4, 0.5) is 0 Å². The van der Waals surface area contributed by atoms with Crippen molar-refractivity contribution in [3.05, 3.63) is 0 Å². The highest BCUT2D eigenvalue weighted by Gasteiger charge is 2.00. The maximum Gasteiger partial charge on any atom is 0.0780 e. The Labute approximate surface area is 114 Å². The first-order valence-electron chi connectivity index (χ1n) is 7.56. The van der Waals surface area contributed by atoms with E-state index in [1.807, 2.05) is 6.92 Å². The van der Waals surface area contributed by atoms with Gasteiger partial charge in [0, 0.05) is 13.2 Å². The molecule has 0 aliphatic heterocycles. The fourth-order valence-electron chi connectivity index (χ4n) is 1.71. The minimum absolute atomic E-state index is 0.234. The van der Waals surface area contributed by atoms with E-state index in [0.717, 1.165) is 38.8 Å². The molecular formula is C15H33NO2. The van der Waals surface area contributed by atoms with Crippen LogP contribution >= 0.6 is 0 Å². The van der Waals surface area contributed by atoms with Gasteiger partial charge in [-0.2, -0.15) is 0 Å². The molecule has 0 aliphatic rings. The fraction of sp³-hybridized carbons (Fsp3) is 1.00. The van der Waals surface area contributed by atoms with E-state index in [4.69, 9.17) is 9.47 Å². The predicted molar refractivity (Wildman–Crippen MR) is 78.1 cm³/mol. The molecule has 3 nitrogen and oxygen atoms in total. The zero-order valence-electron chi connectivity index (χ0n) is 12.8. The minimum atomic E-state index is 0.234. The molecule has 0 saturated carbocycles. The maximum absolute atomic E-state index is 5.66. The average molecular weight is 259 g/mol. The van der Waals surface area contributed by atoms with Gasteiger partial charge in [-0.1, -0.05) is 26.7 Å². The Balaban J connectivity index is 3.07. The van der Waals surface area contributed by atoms with Crippen LogP contribution in [-0.4, -0.2) is 39.0 Å². The number of hydrogen-bond donors (Lipinski definition) is 1. The third-order valence-electron chi connectivity index (χ3n) is 2.76. The summed E-state index contributed by atoms with van der Waals surface area (Å²) in [5, 5.41) is 3.47. The van der Waals surface area contributed by atoms with E-state index in [9.17, 15) is 0 Å². The Bertz CT molecular complexity index is 163. The molecule has 1 N–H and O–H groups in total. The Morgan fingerprint density at radius 2 is 1.72 bits per heavy atom. The van der Waals surface area contributed by atoms with Crippen LogP contribution in [0.25, 0.3) is 0 Å². The molecule has 0 fully saturated rings. The lowest BCUT2D eigenvalue weighted by Crippen LogP contribution is -2.20. The van der Waals surface area contributed by atoms with E-state index in [0.29, 0.717) is 0 Å². The highest BCUT2D eigenvalue weighted by Crippen LogP contribution is 2.01. The van der Waals surface area contributed by atoms with Gasteiger partial charge in [-0.3, -0.25) is 0 Å². The molecule has 0 aromatic rings. The first-order valence-corrected chi connectivity index (χ1v) is 7.56. The minimum Gasteiger partial charge on any atom is -0.379 e. The summed E-state index contributed by atoms with van der Waals surface area (Å²) < 4.78 is 11.0. The molecular weight excluding hydrogens is 226 g/mol. The summed E-state index contributed by atoms with van der Waals surface area (Å²) in [6.45, 7) is 13.2. The normalized spacial score (nSPS) is 13.2. The fourth-order valence-corrected chi connectivity index (χ4v) is 1.71. The van der Waals surface area contributed by atoms with Crippen LogP contribution in [0.15, 0.2) is 0 Å². The molecule has 0 rings (SSSR count). The lowest BCUT2D eigenvalue weighted by molar-refractivity contribution is -0.00457. The second-order valence-electron chi connectivity index (χ2n) is 5.35. The smallest absolute Gasteiger partial charge is 0.0780 e. The highest BCUT2D eigenvalue weighted by atomic mass is 16.5. The lowest BCUT2D eigenvalue weighted by atomic mass is 10.2. The van der Waals surface area contributed by atoms with Gasteiger partial charge >= 0.3 is 0 Å². The van der Waals surface area contributed by atoms with Crippen LogP contribution in [-0.2, 0) is 9.47 Å². The van der Waals surface area contributed by atoms with Crippen molar-refractivity contribution >= 4 is 0 Å². The quantitative estimate of drug-likeness (QED) is 0.515. The van der Waals surface area contributed by atoms with Crippen molar-refractivity contribution in [1.82, 2.24) is 5.32 Å². The van der Waals surface area contributed by atoms with Gasteiger partial charge in [-0.15, -0.1) is 0 Å². The monoisotopic (exact) mass is 259 g/mol. The summed E-state index contributed by atoms with van der Waals surface area (Å²) in [6.07, 6.45) is 5.25. The average Bonchev–Trinajstić information content (AvgIpc) is 2.34. The Hall–Kier alpha value is -0.120. The first-order chi connectivity index (χ1) is 8.66. The molecule has 0 radical (unpaired) electrons. The van der Waals surface area contributed by atoms with Crippen molar-refractivity contribution in [3.63, 3.8) is 0 Å². The molecule has 1 atom stereocenters. The van der Waals surface area contributed by atoms with Crippen LogP contribution in [0.1, 0.15) is 53.4 Å². The molecule has 0 heterocycles. The molecule has 0 spiro atoms. The van der Waals surface area contributed by atoms with Gasteiger partial charge < -0.3 is 14.8 Å². The van der Waals surface area contributed by atoms with Crippen molar-refractivity contribution in [2.75, 3.05) is 32.9 Å². The van der Waals surface area contributed by atoms with E-state index in [-0.39, 0.29) is 6.10 Å². The summed E-state index contributed by atoms with van der Waals surface area (Å²) >= 11 is 0.